The Bertz CT molecular complexity index is 2200. The molecule has 0 aliphatic rings. The Kier molecular flexibility index (Phi) is 12.2. The van der Waals surface area contributed by atoms with Crippen LogP contribution < -0.4 is 19.1 Å². The summed E-state index contributed by atoms with van der Waals surface area (Å²) in [6.07, 6.45) is -6.03. The maximum absolute atomic E-state index is 15.2. The first-order chi connectivity index (χ1) is 24.9. The van der Waals surface area contributed by atoms with Gasteiger partial charge in [0.05, 0.1) is 36.6 Å². The molecule has 0 spiro atoms. The molecule has 0 aliphatic carbocycles. The van der Waals surface area contributed by atoms with Crippen LogP contribution in [0.5, 0.6) is 11.5 Å². The average molecular weight is 887 g/mol. The summed E-state index contributed by atoms with van der Waals surface area (Å²) in [6.45, 7) is 7.09. The maximum atomic E-state index is 15.2. The number of benzene rings is 3. The van der Waals surface area contributed by atoms with E-state index in [4.69, 9.17) is 14.2 Å². The molecule has 5 rings (SSSR count). The zero-order valence-corrected chi connectivity index (χ0v) is 33.9. The number of rotatable bonds is 15. The minimum Gasteiger partial charge on any atom is -0.497 e. The van der Waals surface area contributed by atoms with Crippen LogP contribution in [0.4, 0.5) is 29.1 Å². The van der Waals surface area contributed by atoms with Crippen molar-refractivity contribution in [3.63, 3.8) is 0 Å². The summed E-state index contributed by atoms with van der Waals surface area (Å²) >= 11 is 2.01. The van der Waals surface area contributed by atoms with Crippen LogP contribution in [0, 0.1) is 9.52 Å². The van der Waals surface area contributed by atoms with Gasteiger partial charge in [-0.15, -0.1) is 0 Å². The fourth-order valence-electron chi connectivity index (χ4n) is 5.42. The van der Waals surface area contributed by atoms with Gasteiger partial charge in [-0.25, -0.2) is 27.5 Å². The third-order valence-electron chi connectivity index (χ3n) is 8.24. The Morgan fingerprint density at radius 3 is 2.34 bits per heavy atom. The molecule has 2 heterocycles. The number of hydrogen-bond donors (Lipinski definition) is 1. The third kappa shape index (κ3) is 9.57. The summed E-state index contributed by atoms with van der Waals surface area (Å²) in [6, 6.07) is 15.7. The van der Waals surface area contributed by atoms with Crippen molar-refractivity contribution >= 4 is 63.2 Å². The van der Waals surface area contributed by atoms with E-state index in [1.54, 1.807) is 36.4 Å². The van der Waals surface area contributed by atoms with Gasteiger partial charge in [-0.1, -0.05) is 37.8 Å². The fourth-order valence-corrected chi connectivity index (χ4v) is 8.18. The molecular formula is C35H39F4IN6O5SSi. The summed E-state index contributed by atoms with van der Waals surface area (Å²) in [5, 5.41) is 8.28. The van der Waals surface area contributed by atoms with Crippen LogP contribution >= 0.6 is 22.6 Å². The van der Waals surface area contributed by atoms with Crippen LogP contribution in [-0.2, 0) is 34.5 Å². The number of aromatic nitrogens is 4. The normalized spacial score (nSPS) is 12.3. The number of halogens is 5. The molecular weight excluding hydrogens is 847 g/mol. The smallest absolute Gasteiger partial charge is 0.393 e. The number of alkyl halides is 3. The summed E-state index contributed by atoms with van der Waals surface area (Å²) in [5.74, 6) is -0.835. The topological polar surface area (TPSA) is 121 Å². The van der Waals surface area contributed by atoms with E-state index in [0.717, 1.165) is 29.6 Å². The van der Waals surface area contributed by atoms with Crippen molar-refractivity contribution in [2.24, 2.45) is 0 Å². The van der Waals surface area contributed by atoms with E-state index in [-0.39, 0.29) is 52.3 Å². The summed E-state index contributed by atoms with van der Waals surface area (Å²) in [5.41, 5.74) is 0.571. The quantitative estimate of drug-likeness (QED) is 0.0482. The SMILES string of the molecule is COc1ccc(N(C)S(=O)(=O)c2ccccc2)c(CNc2nc(-c3cc(F)c(OC)cc3CC(F)(F)F)nc3c2c(I)nn3COCC[Si](C)(C)C)c1. The first-order valence-electron chi connectivity index (χ1n) is 16.3. The highest BCUT2D eigenvalue weighted by atomic mass is 127. The molecule has 2 aromatic heterocycles. The Labute approximate surface area is 319 Å². The highest BCUT2D eigenvalue weighted by molar-refractivity contribution is 14.1. The Morgan fingerprint density at radius 1 is 0.981 bits per heavy atom. The van der Waals surface area contributed by atoms with Crippen molar-refractivity contribution in [1.29, 1.82) is 0 Å². The van der Waals surface area contributed by atoms with Crippen molar-refractivity contribution < 1.29 is 40.2 Å². The monoisotopic (exact) mass is 886 g/mol. The van der Waals surface area contributed by atoms with Gasteiger partial charge in [0.1, 0.15) is 22.0 Å². The number of sulfonamides is 1. The molecule has 0 unspecified atom stereocenters. The predicted octanol–water partition coefficient (Wildman–Crippen LogP) is 8.11. The second kappa shape index (κ2) is 16.2. The van der Waals surface area contributed by atoms with Crippen molar-refractivity contribution in [3.8, 4) is 22.9 Å². The van der Waals surface area contributed by atoms with E-state index < -0.39 is 36.5 Å². The molecule has 0 radical (unpaired) electrons. The van der Waals surface area contributed by atoms with Crippen LogP contribution in [-0.4, -0.2) is 70.3 Å². The maximum Gasteiger partial charge on any atom is 0.393 e. The second-order valence-corrected chi connectivity index (χ2v) is 21.9. The van der Waals surface area contributed by atoms with Gasteiger partial charge in [-0.05, 0) is 82.2 Å². The zero-order valence-electron chi connectivity index (χ0n) is 29.9. The Morgan fingerprint density at radius 2 is 1.70 bits per heavy atom. The molecule has 0 saturated heterocycles. The molecule has 0 bridgehead atoms. The van der Waals surface area contributed by atoms with E-state index in [1.807, 2.05) is 22.6 Å². The summed E-state index contributed by atoms with van der Waals surface area (Å²) in [4.78, 5) is 9.36. The van der Waals surface area contributed by atoms with Crippen molar-refractivity contribution in [3.05, 3.63) is 81.3 Å². The molecule has 1 N–H and O–H groups in total. The van der Waals surface area contributed by atoms with Crippen LogP contribution in [0.1, 0.15) is 11.1 Å². The molecule has 11 nitrogen and oxygen atoms in total. The second-order valence-electron chi connectivity index (χ2n) is 13.3. The van der Waals surface area contributed by atoms with Gasteiger partial charge in [0.15, 0.2) is 23.0 Å². The number of methoxy groups -OCH3 is 2. The molecule has 18 heteroatoms. The predicted molar refractivity (Wildman–Crippen MR) is 206 cm³/mol. The van der Waals surface area contributed by atoms with Gasteiger partial charge in [0, 0.05) is 33.8 Å². The van der Waals surface area contributed by atoms with Gasteiger partial charge < -0.3 is 19.5 Å². The fraction of sp³-hybridized carbons (Fsp3) is 0.343. The van der Waals surface area contributed by atoms with Crippen molar-refractivity contribution in [2.75, 3.05) is 37.5 Å². The van der Waals surface area contributed by atoms with Gasteiger partial charge >= 0.3 is 6.18 Å². The number of anilines is 2. The lowest BCUT2D eigenvalue weighted by atomic mass is 10.0. The Balaban J connectivity index is 1.63. The molecule has 0 atom stereocenters. The Hall–Kier alpha value is -4.01. The van der Waals surface area contributed by atoms with E-state index >= 15 is 4.39 Å². The van der Waals surface area contributed by atoms with E-state index in [9.17, 15) is 21.6 Å². The number of nitrogens with zero attached hydrogens (tertiary/aromatic N) is 5. The lowest BCUT2D eigenvalue weighted by Gasteiger charge is -2.23. The minimum absolute atomic E-state index is 0.00553. The number of fused-ring (bicyclic) bond motifs is 1. The lowest BCUT2D eigenvalue weighted by molar-refractivity contribution is -0.127. The molecule has 284 valence electrons. The average Bonchev–Trinajstić information content (AvgIpc) is 3.43. The molecule has 5 aromatic rings. The van der Waals surface area contributed by atoms with Crippen LogP contribution in [0.25, 0.3) is 22.4 Å². The molecule has 0 fully saturated rings. The minimum atomic E-state index is -4.64. The van der Waals surface area contributed by atoms with Crippen LogP contribution in [0.15, 0.2) is 65.6 Å². The van der Waals surface area contributed by atoms with Gasteiger partial charge in [0.25, 0.3) is 10.0 Å². The van der Waals surface area contributed by atoms with E-state index in [0.29, 0.717) is 32.7 Å². The number of nitrogens with one attached hydrogen (secondary N) is 1. The number of ether oxygens (including phenoxy) is 3. The highest BCUT2D eigenvalue weighted by Gasteiger charge is 2.31. The summed E-state index contributed by atoms with van der Waals surface area (Å²) in [7, 11) is -1.31. The molecule has 0 amide bonds. The van der Waals surface area contributed by atoms with Gasteiger partial charge in [-0.3, -0.25) is 4.31 Å². The lowest BCUT2D eigenvalue weighted by Crippen LogP contribution is -2.27. The molecule has 3 aromatic carbocycles. The molecule has 0 saturated carbocycles. The number of hydrogen-bond acceptors (Lipinski definition) is 9. The zero-order chi connectivity index (χ0) is 38.7. The van der Waals surface area contributed by atoms with Crippen molar-refractivity contribution in [2.45, 2.75) is 56.5 Å². The third-order valence-corrected chi connectivity index (χ3v) is 12.5. The van der Waals surface area contributed by atoms with Gasteiger partial charge in [0.2, 0.25) is 0 Å². The van der Waals surface area contributed by atoms with Crippen molar-refractivity contribution in [1.82, 2.24) is 19.7 Å². The highest BCUT2D eigenvalue weighted by Crippen LogP contribution is 2.36. The largest absolute Gasteiger partial charge is 0.497 e. The van der Waals surface area contributed by atoms with E-state index in [2.05, 4.69) is 40.0 Å². The first-order valence-corrected chi connectivity index (χ1v) is 22.5. The molecule has 53 heavy (non-hydrogen) atoms. The summed E-state index contributed by atoms with van der Waals surface area (Å²) < 4.78 is 103. The molecule has 0 aliphatic heterocycles. The van der Waals surface area contributed by atoms with Gasteiger partial charge in [-0.2, -0.15) is 18.3 Å². The standard InChI is InChI=1S/C35H39F4IN6O5SSi/c1-45(52(47,48)25-10-8-7-9-11-25)28-13-12-24(49-2)16-23(28)20-41-33-30-31(40)44-46(21-51-14-15-53(4,5)6)34(30)43-32(42-33)26-18-27(36)29(50-3)17-22(26)19-35(37,38)39/h7-13,16-18H,14-15,19-21H2,1-6H3,(H,41,42,43). The van der Waals surface area contributed by atoms with Crippen LogP contribution in [0.2, 0.25) is 25.7 Å². The first kappa shape index (κ1) is 40.2. The van der Waals surface area contributed by atoms with E-state index in [1.165, 1.54) is 31.0 Å². The van der Waals surface area contributed by atoms with Crippen LogP contribution in [0.3, 0.4) is 0 Å².